The fourth-order valence-electron chi connectivity index (χ4n) is 3.20. The van der Waals surface area contributed by atoms with Crippen molar-refractivity contribution < 1.29 is 14.3 Å². The molecule has 2 atom stereocenters. The van der Waals surface area contributed by atoms with Crippen molar-refractivity contribution >= 4 is 39.6 Å². The van der Waals surface area contributed by atoms with Gasteiger partial charge < -0.3 is 10.1 Å². The van der Waals surface area contributed by atoms with Gasteiger partial charge in [-0.1, -0.05) is 19.1 Å². The largest absolute Gasteiger partial charge is 0.489 e. The van der Waals surface area contributed by atoms with Gasteiger partial charge in [-0.05, 0) is 25.1 Å². The van der Waals surface area contributed by atoms with Gasteiger partial charge in [-0.25, -0.2) is 4.98 Å². The summed E-state index contributed by atoms with van der Waals surface area (Å²) in [5, 5.41) is 8.13. The number of thiophene rings is 1. The Labute approximate surface area is 176 Å². The van der Waals surface area contributed by atoms with E-state index in [1.54, 1.807) is 17.4 Å². The van der Waals surface area contributed by atoms with Gasteiger partial charge in [0.05, 0.1) is 22.7 Å². The molecule has 1 aliphatic rings. The zero-order valence-electron chi connectivity index (χ0n) is 16.3. The topological polar surface area (TPSA) is 80.3 Å². The maximum absolute atomic E-state index is 12.8. The fraction of sp³-hybridized carbons (Fsp3) is 0.286. The van der Waals surface area contributed by atoms with Crippen LogP contribution in [-0.4, -0.2) is 22.9 Å². The van der Waals surface area contributed by atoms with E-state index in [1.807, 2.05) is 36.6 Å². The molecule has 29 heavy (non-hydrogen) atoms. The predicted octanol–water partition coefficient (Wildman–Crippen LogP) is 4.64. The molecule has 8 heteroatoms. The van der Waals surface area contributed by atoms with Crippen LogP contribution in [0.4, 0.5) is 5.13 Å². The lowest BCUT2D eigenvalue weighted by Gasteiger charge is -2.09. The van der Waals surface area contributed by atoms with Crippen molar-refractivity contribution in [3.05, 3.63) is 51.7 Å². The number of aromatic nitrogens is 1. The molecule has 0 spiro atoms. The minimum Gasteiger partial charge on any atom is -0.489 e. The van der Waals surface area contributed by atoms with Gasteiger partial charge in [0, 0.05) is 28.7 Å². The van der Waals surface area contributed by atoms with E-state index in [0.717, 1.165) is 21.0 Å². The van der Waals surface area contributed by atoms with E-state index >= 15 is 0 Å². The monoisotopic (exact) mass is 427 g/mol. The second kappa shape index (κ2) is 7.96. The lowest BCUT2D eigenvalue weighted by atomic mass is 9.97. The molecule has 0 aliphatic carbocycles. The molecule has 2 aromatic heterocycles. The summed E-state index contributed by atoms with van der Waals surface area (Å²) in [7, 11) is 0. The average molecular weight is 428 g/mol. The van der Waals surface area contributed by atoms with Crippen LogP contribution >= 0.6 is 22.7 Å². The number of anilines is 1. The number of hydrogen-bond donors (Lipinski definition) is 2. The lowest BCUT2D eigenvalue weighted by Crippen LogP contribution is -2.17. The van der Waals surface area contributed by atoms with Crippen LogP contribution in [0.25, 0.3) is 10.6 Å². The molecule has 2 amide bonds. The Morgan fingerprint density at radius 3 is 2.83 bits per heavy atom. The molecule has 1 aliphatic heterocycles. The number of fused-ring (bicyclic) bond motifs is 1. The van der Waals surface area contributed by atoms with Gasteiger partial charge in [-0.3, -0.25) is 14.9 Å². The van der Waals surface area contributed by atoms with Crippen LogP contribution in [0.3, 0.4) is 0 Å². The molecule has 0 saturated carbocycles. The van der Waals surface area contributed by atoms with Crippen molar-refractivity contribution in [3.8, 4) is 16.3 Å². The second-order valence-electron chi connectivity index (χ2n) is 7.00. The predicted molar refractivity (Wildman–Crippen MR) is 116 cm³/mol. The third-order valence-corrected chi connectivity index (χ3v) is 6.80. The van der Waals surface area contributed by atoms with Crippen molar-refractivity contribution in [1.82, 2.24) is 10.3 Å². The normalized spacial score (nSPS) is 17.5. The highest BCUT2D eigenvalue weighted by Crippen LogP contribution is 2.40. The summed E-state index contributed by atoms with van der Waals surface area (Å²) >= 11 is 2.95. The summed E-state index contributed by atoms with van der Waals surface area (Å²) in [5.74, 6) is 0.651. The number of rotatable bonds is 5. The quantitative estimate of drug-likeness (QED) is 0.621. The highest BCUT2D eigenvalue weighted by Gasteiger charge is 2.31. The van der Waals surface area contributed by atoms with Gasteiger partial charge >= 0.3 is 0 Å². The molecule has 1 aromatic carbocycles. The molecule has 150 valence electrons. The van der Waals surface area contributed by atoms with Crippen molar-refractivity contribution in [2.75, 3.05) is 5.32 Å². The molecule has 3 aromatic rings. The number of carbonyl (C=O) groups excluding carboxylic acids is 2. The second-order valence-corrected chi connectivity index (χ2v) is 9.03. The van der Waals surface area contributed by atoms with E-state index in [0.29, 0.717) is 23.0 Å². The maximum Gasteiger partial charge on any atom is 0.261 e. The Morgan fingerprint density at radius 2 is 2.03 bits per heavy atom. The smallest absolute Gasteiger partial charge is 0.261 e. The molecule has 2 unspecified atom stereocenters. The Bertz CT molecular complexity index is 1070. The van der Waals surface area contributed by atoms with Crippen LogP contribution in [0.2, 0.25) is 0 Å². The molecular formula is C21H21N3O3S2. The number of para-hydroxylation sites is 1. The average Bonchev–Trinajstić information content (AvgIpc) is 3.40. The van der Waals surface area contributed by atoms with Gasteiger partial charge in [0.15, 0.2) is 5.13 Å². The van der Waals surface area contributed by atoms with Gasteiger partial charge in [-0.2, -0.15) is 0 Å². The van der Waals surface area contributed by atoms with Crippen molar-refractivity contribution in [2.24, 2.45) is 0 Å². The third-order valence-electron chi connectivity index (χ3n) is 4.94. The van der Waals surface area contributed by atoms with Crippen LogP contribution in [0.5, 0.6) is 5.75 Å². The Hall–Kier alpha value is -2.71. The summed E-state index contributed by atoms with van der Waals surface area (Å²) in [4.78, 5) is 30.5. The number of amides is 2. The molecule has 3 heterocycles. The van der Waals surface area contributed by atoms with Crippen LogP contribution < -0.4 is 15.4 Å². The number of benzene rings is 1. The Morgan fingerprint density at radius 1 is 1.21 bits per heavy atom. The van der Waals surface area contributed by atoms with Gasteiger partial charge in [0.2, 0.25) is 5.91 Å². The summed E-state index contributed by atoms with van der Waals surface area (Å²) in [6, 6.07) is 9.63. The first-order valence-electron chi connectivity index (χ1n) is 9.32. The standard InChI is InChI=1S/C21H21N3O3S2/c1-11-12(2)27-19-15(11)5-4-6-16(19)20(26)24-21-23-17(10-28-21)18-8-7-14(29-18)9-22-13(3)25/h4-8,10-12H,9H2,1-3H3,(H,22,25)(H,23,24,26). The fourth-order valence-corrected chi connectivity index (χ4v) is 4.88. The lowest BCUT2D eigenvalue weighted by molar-refractivity contribution is -0.119. The summed E-state index contributed by atoms with van der Waals surface area (Å²) in [5.41, 5.74) is 2.40. The first kappa shape index (κ1) is 19.6. The molecule has 0 fully saturated rings. The highest BCUT2D eigenvalue weighted by molar-refractivity contribution is 7.17. The number of hydrogen-bond acceptors (Lipinski definition) is 6. The van der Waals surface area contributed by atoms with E-state index in [-0.39, 0.29) is 23.8 Å². The number of nitrogens with one attached hydrogen (secondary N) is 2. The Kier molecular flexibility index (Phi) is 5.38. The van der Waals surface area contributed by atoms with E-state index < -0.39 is 0 Å². The first-order valence-corrected chi connectivity index (χ1v) is 11.0. The van der Waals surface area contributed by atoms with Crippen molar-refractivity contribution in [2.45, 2.75) is 39.3 Å². The summed E-state index contributed by atoms with van der Waals surface area (Å²) in [6.07, 6.45) is 0.0518. The van der Waals surface area contributed by atoms with Crippen LogP contribution in [0, 0.1) is 0 Å². The van der Waals surface area contributed by atoms with Crippen LogP contribution in [-0.2, 0) is 11.3 Å². The SMILES string of the molecule is CC(=O)NCc1ccc(-c2csc(NC(=O)c3cccc4c3OC(C)C4C)n2)s1. The molecule has 6 nitrogen and oxygen atoms in total. The zero-order valence-corrected chi connectivity index (χ0v) is 17.9. The van der Waals surface area contributed by atoms with E-state index in [1.165, 1.54) is 18.3 Å². The Balaban J connectivity index is 1.48. The molecule has 0 saturated heterocycles. The minimum absolute atomic E-state index is 0.0518. The van der Waals surface area contributed by atoms with E-state index in [4.69, 9.17) is 4.74 Å². The molecular weight excluding hydrogens is 406 g/mol. The van der Waals surface area contributed by atoms with Crippen molar-refractivity contribution in [3.63, 3.8) is 0 Å². The third kappa shape index (κ3) is 4.04. The number of thiazole rings is 1. The summed E-state index contributed by atoms with van der Waals surface area (Å²) in [6.45, 7) is 6.12. The van der Waals surface area contributed by atoms with Gasteiger partial charge in [0.1, 0.15) is 11.9 Å². The van der Waals surface area contributed by atoms with Crippen LogP contribution in [0.1, 0.15) is 47.5 Å². The maximum atomic E-state index is 12.8. The van der Waals surface area contributed by atoms with E-state index in [9.17, 15) is 9.59 Å². The number of ether oxygens (including phenoxy) is 1. The first-order chi connectivity index (χ1) is 13.9. The van der Waals surface area contributed by atoms with Crippen LogP contribution in [0.15, 0.2) is 35.7 Å². The summed E-state index contributed by atoms with van der Waals surface area (Å²) < 4.78 is 5.92. The highest BCUT2D eigenvalue weighted by atomic mass is 32.1. The molecule has 0 radical (unpaired) electrons. The molecule has 4 rings (SSSR count). The molecule has 0 bridgehead atoms. The molecule has 2 N–H and O–H groups in total. The van der Waals surface area contributed by atoms with E-state index in [2.05, 4.69) is 22.5 Å². The zero-order chi connectivity index (χ0) is 20.5. The van der Waals surface area contributed by atoms with Gasteiger partial charge in [-0.15, -0.1) is 22.7 Å². The van der Waals surface area contributed by atoms with Crippen molar-refractivity contribution in [1.29, 1.82) is 0 Å². The van der Waals surface area contributed by atoms with Gasteiger partial charge in [0.25, 0.3) is 5.91 Å². The minimum atomic E-state index is -0.221. The number of carbonyl (C=O) groups is 2. The number of nitrogens with zero attached hydrogens (tertiary/aromatic N) is 1.